The lowest BCUT2D eigenvalue weighted by atomic mass is 9.90. The van der Waals surface area contributed by atoms with Crippen molar-refractivity contribution in [3.63, 3.8) is 0 Å². The molecule has 0 aromatic heterocycles. The molecule has 0 radical (unpaired) electrons. The molecule has 0 saturated carbocycles. The summed E-state index contributed by atoms with van der Waals surface area (Å²) in [4.78, 5) is 11.8. The van der Waals surface area contributed by atoms with E-state index in [2.05, 4.69) is 0 Å². The van der Waals surface area contributed by atoms with Crippen LogP contribution in [0.15, 0.2) is 53.4 Å². The summed E-state index contributed by atoms with van der Waals surface area (Å²) in [6.45, 7) is 1.95. The Morgan fingerprint density at radius 3 is 2.18 bits per heavy atom. The minimum Gasteiger partial charge on any atom is -0.481 e. The molecule has 116 valence electrons. The second-order valence-corrected chi connectivity index (χ2v) is 7.38. The molecule has 4 nitrogen and oxygen atoms in total. The Morgan fingerprint density at radius 2 is 1.68 bits per heavy atom. The van der Waals surface area contributed by atoms with Gasteiger partial charge in [0.25, 0.3) is 0 Å². The monoisotopic (exact) mass is 318 g/mol. The van der Waals surface area contributed by atoms with Crippen molar-refractivity contribution in [3.8, 4) is 0 Å². The highest BCUT2D eigenvalue weighted by Crippen LogP contribution is 2.24. The van der Waals surface area contributed by atoms with Crippen molar-refractivity contribution in [1.29, 1.82) is 0 Å². The van der Waals surface area contributed by atoms with Gasteiger partial charge in [0.2, 0.25) is 0 Å². The van der Waals surface area contributed by atoms with Crippen LogP contribution in [0.5, 0.6) is 0 Å². The number of hydrogen-bond acceptors (Lipinski definition) is 3. The van der Waals surface area contributed by atoms with Crippen LogP contribution in [-0.2, 0) is 21.1 Å². The number of rotatable bonds is 5. The summed E-state index contributed by atoms with van der Waals surface area (Å²) in [7, 11) is -3.28. The molecule has 2 aromatic carbocycles. The van der Waals surface area contributed by atoms with E-state index in [-0.39, 0.29) is 4.90 Å². The molecule has 0 unspecified atom stereocenters. The topological polar surface area (TPSA) is 71.4 Å². The molecule has 0 spiro atoms. The number of benzene rings is 2. The van der Waals surface area contributed by atoms with E-state index in [1.807, 2.05) is 31.2 Å². The molecule has 2 rings (SSSR count). The van der Waals surface area contributed by atoms with Crippen molar-refractivity contribution < 1.29 is 18.3 Å². The van der Waals surface area contributed by atoms with Gasteiger partial charge >= 0.3 is 5.97 Å². The summed E-state index contributed by atoms with van der Waals surface area (Å²) in [6, 6.07) is 13.7. The van der Waals surface area contributed by atoms with Gasteiger partial charge < -0.3 is 5.11 Å². The van der Waals surface area contributed by atoms with Gasteiger partial charge in [0.15, 0.2) is 9.84 Å². The summed E-state index contributed by atoms with van der Waals surface area (Å²) in [6.07, 6.45) is 1.50. The molecule has 0 heterocycles. The first-order chi connectivity index (χ1) is 10.3. The van der Waals surface area contributed by atoms with Crippen molar-refractivity contribution in [1.82, 2.24) is 0 Å². The summed E-state index contributed by atoms with van der Waals surface area (Å²) in [5, 5.41) is 9.49. The molecule has 1 N–H and O–H groups in total. The highest BCUT2D eigenvalue weighted by molar-refractivity contribution is 7.90. The van der Waals surface area contributed by atoms with Gasteiger partial charge in [-0.25, -0.2) is 8.42 Å². The van der Waals surface area contributed by atoms with Gasteiger partial charge in [-0.05, 0) is 42.2 Å². The van der Waals surface area contributed by atoms with E-state index in [0.717, 1.165) is 17.4 Å². The highest BCUT2D eigenvalue weighted by atomic mass is 32.2. The van der Waals surface area contributed by atoms with Crippen LogP contribution in [-0.4, -0.2) is 25.7 Å². The van der Waals surface area contributed by atoms with Crippen molar-refractivity contribution in [2.75, 3.05) is 6.26 Å². The van der Waals surface area contributed by atoms with Crippen LogP contribution in [0.3, 0.4) is 0 Å². The molecule has 0 amide bonds. The Labute approximate surface area is 130 Å². The van der Waals surface area contributed by atoms with Crippen molar-refractivity contribution in [3.05, 3.63) is 65.2 Å². The fraction of sp³-hybridized carbons (Fsp3) is 0.235. The van der Waals surface area contributed by atoms with Gasteiger partial charge in [-0.1, -0.05) is 36.4 Å². The fourth-order valence-corrected chi connectivity index (χ4v) is 2.98. The zero-order chi connectivity index (χ0) is 16.3. The summed E-state index contributed by atoms with van der Waals surface area (Å²) < 4.78 is 22.9. The number of hydrogen-bond donors (Lipinski definition) is 1. The van der Waals surface area contributed by atoms with Gasteiger partial charge in [0.1, 0.15) is 0 Å². The average molecular weight is 318 g/mol. The van der Waals surface area contributed by atoms with Crippen LogP contribution < -0.4 is 0 Å². The summed E-state index contributed by atoms with van der Waals surface area (Å²) in [5.74, 6) is -1.62. The van der Waals surface area contributed by atoms with Crippen LogP contribution >= 0.6 is 0 Å². The molecule has 0 aliphatic rings. The molecule has 2 aromatic rings. The Balaban J connectivity index is 2.33. The molecule has 1 atom stereocenters. The molecule has 0 bridgehead atoms. The van der Waals surface area contributed by atoms with Gasteiger partial charge in [0.05, 0.1) is 10.8 Å². The first kappa shape index (κ1) is 16.2. The fourth-order valence-electron chi connectivity index (χ4n) is 2.35. The largest absolute Gasteiger partial charge is 0.481 e. The molecular formula is C17H18O4S. The molecular weight excluding hydrogens is 300 g/mol. The lowest BCUT2D eigenvalue weighted by Gasteiger charge is -2.15. The van der Waals surface area contributed by atoms with Crippen LogP contribution in [0.1, 0.15) is 22.6 Å². The highest BCUT2D eigenvalue weighted by Gasteiger charge is 2.21. The third kappa shape index (κ3) is 3.74. The quantitative estimate of drug-likeness (QED) is 0.920. The second kappa shape index (κ2) is 6.32. The van der Waals surface area contributed by atoms with E-state index in [4.69, 9.17) is 0 Å². The predicted molar refractivity (Wildman–Crippen MR) is 84.8 cm³/mol. The zero-order valence-corrected chi connectivity index (χ0v) is 13.3. The number of carboxylic acid groups (broad SMARTS) is 1. The Kier molecular flexibility index (Phi) is 4.66. The predicted octanol–water partition coefficient (Wildman–Crippen LogP) is 2.81. The molecule has 5 heteroatoms. The van der Waals surface area contributed by atoms with E-state index in [9.17, 15) is 18.3 Å². The summed E-state index contributed by atoms with van der Waals surface area (Å²) in [5.41, 5.74) is 2.62. The van der Waals surface area contributed by atoms with Gasteiger partial charge in [-0.2, -0.15) is 0 Å². The van der Waals surface area contributed by atoms with E-state index < -0.39 is 21.7 Å². The standard InChI is InChI=1S/C17H18O4S/c1-12-5-3-4-6-14(12)11-16(17(18)19)13-7-9-15(10-8-13)22(2,20)21/h3-10,16H,11H2,1-2H3,(H,18,19)/t16-/m0/s1. The number of sulfone groups is 1. The normalized spacial score (nSPS) is 12.8. The van der Waals surface area contributed by atoms with E-state index in [1.165, 1.54) is 12.1 Å². The maximum atomic E-state index is 11.6. The average Bonchev–Trinajstić information content (AvgIpc) is 2.45. The molecule has 22 heavy (non-hydrogen) atoms. The van der Waals surface area contributed by atoms with Gasteiger partial charge in [-0.3, -0.25) is 4.79 Å². The van der Waals surface area contributed by atoms with Crippen LogP contribution in [0.4, 0.5) is 0 Å². The third-order valence-electron chi connectivity index (χ3n) is 3.69. The number of aliphatic carboxylic acids is 1. The number of aryl methyl sites for hydroxylation is 1. The maximum Gasteiger partial charge on any atom is 0.311 e. The van der Waals surface area contributed by atoms with Gasteiger partial charge in [0, 0.05) is 6.26 Å². The lowest BCUT2D eigenvalue weighted by molar-refractivity contribution is -0.138. The first-order valence-electron chi connectivity index (χ1n) is 6.86. The van der Waals surface area contributed by atoms with E-state index in [0.29, 0.717) is 12.0 Å². The minimum absolute atomic E-state index is 0.191. The van der Waals surface area contributed by atoms with Crippen LogP contribution in [0.2, 0.25) is 0 Å². The van der Waals surface area contributed by atoms with E-state index in [1.54, 1.807) is 12.1 Å². The molecule has 0 aliphatic heterocycles. The van der Waals surface area contributed by atoms with E-state index >= 15 is 0 Å². The number of carboxylic acids is 1. The number of carbonyl (C=O) groups is 1. The maximum absolute atomic E-state index is 11.6. The minimum atomic E-state index is -3.28. The molecule has 0 saturated heterocycles. The van der Waals surface area contributed by atoms with Crippen molar-refractivity contribution in [2.45, 2.75) is 24.2 Å². The first-order valence-corrected chi connectivity index (χ1v) is 8.75. The molecule has 0 aliphatic carbocycles. The van der Waals surface area contributed by atoms with Crippen LogP contribution in [0, 0.1) is 6.92 Å². The Bertz CT molecular complexity index is 777. The lowest BCUT2D eigenvalue weighted by Crippen LogP contribution is -2.15. The SMILES string of the molecule is Cc1ccccc1C[C@H](C(=O)O)c1ccc(S(C)(=O)=O)cc1. The van der Waals surface area contributed by atoms with Crippen LogP contribution in [0.25, 0.3) is 0 Å². The Hall–Kier alpha value is -2.14. The third-order valence-corrected chi connectivity index (χ3v) is 4.82. The molecule has 0 fully saturated rings. The van der Waals surface area contributed by atoms with Crippen molar-refractivity contribution >= 4 is 15.8 Å². The second-order valence-electron chi connectivity index (χ2n) is 5.36. The van der Waals surface area contributed by atoms with Gasteiger partial charge in [-0.15, -0.1) is 0 Å². The van der Waals surface area contributed by atoms with Crippen molar-refractivity contribution in [2.24, 2.45) is 0 Å². The summed E-state index contributed by atoms with van der Waals surface area (Å²) >= 11 is 0. The zero-order valence-electron chi connectivity index (χ0n) is 12.5. The Morgan fingerprint density at radius 1 is 1.09 bits per heavy atom. The smallest absolute Gasteiger partial charge is 0.311 e.